The number of phenols is 1. The molecule has 1 N–H and O–H groups in total. The number of hydrogen-bond donors (Lipinski definition) is 1. The van der Waals surface area contributed by atoms with Gasteiger partial charge in [-0.25, -0.2) is 28.1 Å². The Labute approximate surface area is 230 Å². The lowest BCUT2D eigenvalue weighted by atomic mass is 10.1. The number of fused-ring (bicyclic) bond motifs is 2. The van der Waals surface area contributed by atoms with Gasteiger partial charge in [0.15, 0.2) is 23.0 Å². The number of benzene rings is 1. The number of carbonyl (C=O) groups is 1. The van der Waals surface area contributed by atoms with Gasteiger partial charge in [0, 0.05) is 19.6 Å². The molecule has 5 heterocycles. The Morgan fingerprint density at radius 2 is 2.05 bits per heavy atom. The highest BCUT2D eigenvalue weighted by Gasteiger charge is 2.38. The summed E-state index contributed by atoms with van der Waals surface area (Å²) in [6.07, 6.45) is 1.22. The maximum absolute atomic E-state index is 16.3. The van der Waals surface area contributed by atoms with Gasteiger partial charge in [-0.1, -0.05) is 26.5 Å². The van der Waals surface area contributed by atoms with Crippen LogP contribution >= 0.6 is 11.3 Å². The largest absolute Gasteiger partial charge is 0.507 e. The van der Waals surface area contributed by atoms with E-state index in [0.29, 0.717) is 13.1 Å². The van der Waals surface area contributed by atoms with E-state index in [4.69, 9.17) is 4.74 Å². The molecular formula is C27H24F2N6O4S. The monoisotopic (exact) mass is 566 g/mol. The summed E-state index contributed by atoms with van der Waals surface area (Å²) in [5.41, 5.74) is -0.151. The zero-order chi connectivity index (χ0) is 28.3. The van der Waals surface area contributed by atoms with Gasteiger partial charge in [0.1, 0.15) is 35.1 Å². The summed E-state index contributed by atoms with van der Waals surface area (Å²) in [5.74, 6) is -2.56. The van der Waals surface area contributed by atoms with E-state index in [9.17, 15) is 19.1 Å². The van der Waals surface area contributed by atoms with Crippen LogP contribution in [0.2, 0.25) is 0 Å². The van der Waals surface area contributed by atoms with Crippen molar-refractivity contribution in [2.45, 2.75) is 25.8 Å². The number of nitrogens with zero attached hydrogens (tertiary/aromatic N) is 6. The van der Waals surface area contributed by atoms with E-state index in [2.05, 4.69) is 21.5 Å². The van der Waals surface area contributed by atoms with Crippen molar-refractivity contribution < 1.29 is 23.4 Å². The number of pyridine rings is 1. The van der Waals surface area contributed by atoms with Gasteiger partial charge >= 0.3 is 5.69 Å². The van der Waals surface area contributed by atoms with E-state index in [1.807, 2.05) is 18.7 Å². The number of aromatic nitrogens is 4. The molecular weight excluding hydrogens is 542 g/mol. The second kappa shape index (κ2) is 9.66. The number of halogens is 2. The molecule has 2 aliphatic rings. The van der Waals surface area contributed by atoms with Crippen molar-refractivity contribution in [3.05, 3.63) is 63.4 Å². The van der Waals surface area contributed by atoms with Crippen LogP contribution in [0.4, 0.5) is 14.6 Å². The molecule has 1 fully saturated rings. The molecule has 1 amide bonds. The summed E-state index contributed by atoms with van der Waals surface area (Å²) in [6.45, 7) is 8.22. The van der Waals surface area contributed by atoms with E-state index in [-0.39, 0.29) is 53.4 Å². The maximum atomic E-state index is 16.3. The number of hydrogen-bond acceptors (Lipinski definition) is 9. The first-order chi connectivity index (χ1) is 19.2. The normalized spacial score (nSPS) is 16.6. The minimum atomic E-state index is -1.01. The molecule has 1 saturated heterocycles. The van der Waals surface area contributed by atoms with E-state index in [1.165, 1.54) is 34.1 Å². The van der Waals surface area contributed by atoms with Gasteiger partial charge in [0.25, 0.3) is 0 Å². The van der Waals surface area contributed by atoms with Crippen molar-refractivity contribution in [3.8, 4) is 28.6 Å². The van der Waals surface area contributed by atoms with Crippen molar-refractivity contribution in [2.75, 3.05) is 31.1 Å². The smallest absolute Gasteiger partial charge is 0.357 e. The Kier molecular flexibility index (Phi) is 6.25. The number of phenolic OH excluding ortho intramolecular Hbond substituents is 1. The molecule has 0 saturated carbocycles. The van der Waals surface area contributed by atoms with E-state index in [0.717, 1.165) is 10.9 Å². The summed E-state index contributed by atoms with van der Waals surface area (Å²) in [5, 5.41) is 10.6. The average molecular weight is 567 g/mol. The Balaban J connectivity index is 1.68. The van der Waals surface area contributed by atoms with Crippen LogP contribution in [-0.2, 0) is 4.79 Å². The molecule has 0 bridgehead atoms. The standard InChI is InChI=1S/C27H24F2N6O4S/c1-4-17(37)33-8-9-34-14(10-33)11-39-22-19-24(34)32-27(38)35(26-23(13(2)3)40-12-30-26)25(19)31-21(20(22)29)18-15(28)6-5-7-16(18)36/h4-7,12-14,36H,1,8-11H2,2-3H3/t14-/m1/s1. The number of aromatic hydroxyl groups is 1. The predicted molar refractivity (Wildman–Crippen MR) is 145 cm³/mol. The van der Waals surface area contributed by atoms with Crippen LogP contribution in [0.1, 0.15) is 24.6 Å². The van der Waals surface area contributed by atoms with Gasteiger partial charge in [-0.3, -0.25) is 4.79 Å². The fraction of sp³-hybridized carbons (Fsp3) is 0.296. The topological polar surface area (TPSA) is 114 Å². The van der Waals surface area contributed by atoms with Crippen molar-refractivity contribution in [2.24, 2.45) is 0 Å². The van der Waals surface area contributed by atoms with Crippen molar-refractivity contribution in [1.29, 1.82) is 0 Å². The number of carbonyl (C=O) groups excluding carboxylic acids is 1. The second-order valence-corrected chi connectivity index (χ2v) is 10.7. The number of amides is 1. The van der Waals surface area contributed by atoms with E-state index in [1.54, 1.807) is 10.4 Å². The van der Waals surface area contributed by atoms with Gasteiger partial charge in [-0.05, 0) is 24.1 Å². The Morgan fingerprint density at radius 1 is 1.25 bits per heavy atom. The average Bonchev–Trinajstić information content (AvgIpc) is 3.35. The predicted octanol–water partition coefficient (Wildman–Crippen LogP) is 3.61. The van der Waals surface area contributed by atoms with Crippen LogP contribution < -0.4 is 15.3 Å². The van der Waals surface area contributed by atoms with Gasteiger partial charge in [-0.15, -0.1) is 11.3 Å². The van der Waals surface area contributed by atoms with Crippen LogP contribution in [0.3, 0.4) is 0 Å². The first-order valence-electron chi connectivity index (χ1n) is 12.6. The number of piperazine rings is 1. The Bertz CT molecular complexity index is 1730. The zero-order valence-corrected chi connectivity index (χ0v) is 22.4. The molecule has 1 atom stereocenters. The van der Waals surface area contributed by atoms with Gasteiger partial charge in [0.05, 0.1) is 22.0 Å². The third kappa shape index (κ3) is 3.91. The summed E-state index contributed by atoms with van der Waals surface area (Å²) in [6, 6.07) is 3.11. The van der Waals surface area contributed by atoms with Crippen LogP contribution in [0.5, 0.6) is 11.5 Å². The molecule has 206 valence electrons. The summed E-state index contributed by atoms with van der Waals surface area (Å²) in [7, 11) is 0. The minimum absolute atomic E-state index is 0.00841. The number of thiazole rings is 1. The van der Waals surface area contributed by atoms with Crippen LogP contribution in [-0.4, -0.2) is 67.7 Å². The highest BCUT2D eigenvalue weighted by Crippen LogP contribution is 2.43. The summed E-state index contributed by atoms with van der Waals surface area (Å²) >= 11 is 1.35. The van der Waals surface area contributed by atoms with Gasteiger partial charge in [0.2, 0.25) is 5.91 Å². The van der Waals surface area contributed by atoms with E-state index < -0.39 is 40.4 Å². The molecule has 6 rings (SSSR count). The molecule has 0 radical (unpaired) electrons. The molecule has 0 aliphatic carbocycles. The number of rotatable bonds is 4. The number of anilines is 1. The quantitative estimate of drug-likeness (QED) is 0.373. The molecule has 0 spiro atoms. The lowest BCUT2D eigenvalue weighted by Crippen LogP contribution is -2.56. The Morgan fingerprint density at radius 3 is 2.77 bits per heavy atom. The molecule has 13 heteroatoms. The highest BCUT2D eigenvalue weighted by molar-refractivity contribution is 7.10. The first-order valence-corrected chi connectivity index (χ1v) is 13.5. The first kappa shape index (κ1) is 25.9. The van der Waals surface area contributed by atoms with Crippen molar-refractivity contribution >= 4 is 34.1 Å². The van der Waals surface area contributed by atoms with Crippen LogP contribution in [0.15, 0.2) is 41.2 Å². The number of ether oxygens (including phenoxy) is 1. The fourth-order valence-electron chi connectivity index (χ4n) is 5.22. The summed E-state index contributed by atoms with van der Waals surface area (Å²) < 4.78 is 38.5. The van der Waals surface area contributed by atoms with E-state index >= 15 is 4.39 Å². The maximum Gasteiger partial charge on any atom is 0.357 e. The highest BCUT2D eigenvalue weighted by atomic mass is 32.1. The van der Waals surface area contributed by atoms with Crippen LogP contribution in [0.25, 0.3) is 28.1 Å². The zero-order valence-electron chi connectivity index (χ0n) is 21.6. The summed E-state index contributed by atoms with van der Waals surface area (Å²) in [4.78, 5) is 43.4. The molecule has 0 unspecified atom stereocenters. The fourth-order valence-corrected chi connectivity index (χ4v) is 6.01. The molecule has 3 aromatic heterocycles. The Hall–Kier alpha value is -4.39. The lowest BCUT2D eigenvalue weighted by molar-refractivity contribution is -0.126. The van der Waals surface area contributed by atoms with Crippen LogP contribution in [0, 0.1) is 11.6 Å². The molecule has 2 aliphatic heterocycles. The second-order valence-electron chi connectivity index (χ2n) is 9.83. The van der Waals surface area contributed by atoms with Gasteiger partial charge in [-0.2, -0.15) is 4.98 Å². The molecule has 40 heavy (non-hydrogen) atoms. The molecule has 10 nitrogen and oxygen atoms in total. The van der Waals surface area contributed by atoms with Crippen molar-refractivity contribution in [1.82, 2.24) is 24.4 Å². The lowest BCUT2D eigenvalue weighted by Gasteiger charge is -2.40. The van der Waals surface area contributed by atoms with Gasteiger partial charge < -0.3 is 19.6 Å². The SMILES string of the molecule is C=CC(=O)N1CCN2c3nc(=O)n(-c4ncsc4C(C)C)c4nc(-c5c(O)cccc5F)c(F)c(c34)OC[C@H]2C1. The van der Waals surface area contributed by atoms with Crippen molar-refractivity contribution in [3.63, 3.8) is 0 Å². The third-order valence-electron chi connectivity index (χ3n) is 7.10. The third-order valence-corrected chi connectivity index (χ3v) is 8.22. The molecule has 1 aromatic carbocycles. The molecule has 4 aromatic rings. The minimum Gasteiger partial charge on any atom is -0.507 e.